The van der Waals surface area contributed by atoms with Crippen molar-refractivity contribution in [3.05, 3.63) is 59.9 Å². The minimum Gasteiger partial charge on any atom is -0.497 e. The summed E-state index contributed by atoms with van der Waals surface area (Å²) in [5.41, 5.74) is 1.74. The van der Waals surface area contributed by atoms with Crippen LogP contribution in [0.25, 0.3) is 0 Å². The fourth-order valence-corrected chi connectivity index (χ4v) is 1.64. The summed E-state index contributed by atoms with van der Waals surface area (Å²) in [6.45, 7) is 0.321. The van der Waals surface area contributed by atoms with E-state index in [1.807, 2.05) is 36.4 Å². The molecule has 0 fully saturated rings. The molecule has 0 aliphatic heterocycles. The number of rotatable bonds is 5. The van der Waals surface area contributed by atoms with Crippen molar-refractivity contribution in [3.63, 3.8) is 0 Å². The molecule has 4 heteroatoms. The van der Waals surface area contributed by atoms with Gasteiger partial charge in [0, 0.05) is 24.2 Å². The van der Waals surface area contributed by atoms with E-state index in [4.69, 9.17) is 4.74 Å². The molecule has 0 saturated heterocycles. The van der Waals surface area contributed by atoms with Crippen molar-refractivity contribution < 1.29 is 9.84 Å². The molecule has 0 spiro atoms. The van der Waals surface area contributed by atoms with Gasteiger partial charge in [0.05, 0.1) is 19.8 Å². The monoisotopic (exact) mass is 256 g/mol. The van der Waals surface area contributed by atoms with Crippen molar-refractivity contribution in [1.82, 2.24) is 4.98 Å². The number of benzene rings is 1. The number of hydrogen-bond donors (Lipinski definition) is 1. The predicted octanol–water partition coefficient (Wildman–Crippen LogP) is 2.24. The zero-order valence-electron chi connectivity index (χ0n) is 10.7. The van der Waals surface area contributed by atoms with Gasteiger partial charge >= 0.3 is 0 Å². The molecule has 1 atom stereocenters. The van der Waals surface area contributed by atoms with Gasteiger partial charge in [-0.3, -0.25) is 9.98 Å². The van der Waals surface area contributed by atoms with Crippen LogP contribution in [0.15, 0.2) is 53.8 Å². The van der Waals surface area contributed by atoms with Crippen LogP contribution >= 0.6 is 0 Å². The summed E-state index contributed by atoms with van der Waals surface area (Å²) in [5, 5.41) is 9.99. The maximum atomic E-state index is 9.99. The lowest BCUT2D eigenvalue weighted by atomic mass is 10.1. The lowest BCUT2D eigenvalue weighted by Gasteiger charge is -2.08. The molecule has 1 aromatic heterocycles. The van der Waals surface area contributed by atoms with Crippen LogP contribution in [-0.2, 0) is 0 Å². The molecule has 0 amide bonds. The topological polar surface area (TPSA) is 54.7 Å². The molecule has 0 radical (unpaired) electrons. The van der Waals surface area contributed by atoms with Crippen molar-refractivity contribution in [2.45, 2.75) is 6.10 Å². The molecule has 1 aromatic carbocycles. The third-order valence-corrected chi connectivity index (χ3v) is 2.70. The van der Waals surface area contributed by atoms with Gasteiger partial charge in [0.2, 0.25) is 0 Å². The Labute approximate surface area is 112 Å². The maximum Gasteiger partial charge on any atom is 0.118 e. The molecule has 2 rings (SSSR count). The van der Waals surface area contributed by atoms with Gasteiger partial charge in [-0.2, -0.15) is 0 Å². The fourth-order valence-electron chi connectivity index (χ4n) is 1.64. The largest absolute Gasteiger partial charge is 0.497 e. The van der Waals surface area contributed by atoms with Gasteiger partial charge in [0.25, 0.3) is 0 Å². The van der Waals surface area contributed by atoms with Crippen molar-refractivity contribution in [2.24, 2.45) is 4.99 Å². The Balaban J connectivity index is 1.93. The Bertz CT molecular complexity index is 524. The molecule has 0 unspecified atom stereocenters. The lowest BCUT2D eigenvalue weighted by molar-refractivity contribution is 0.187. The van der Waals surface area contributed by atoms with E-state index in [9.17, 15) is 5.11 Å². The van der Waals surface area contributed by atoms with Crippen molar-refractivity contribution >= 4 is 6.21 Å². The molecule has 19 heavy (non-hydrogen) atoms. The standard InChI is InChI=1S/C15H16N2O2/c1-19-14-6-4-13(5-7-14)15(18)11-17-10-12-3-2-8-16-9-12/h2-10,15,18H,11H2,1H3/t15-/m1/s1. The second-order valence-electron chi connectivity index (χ2n) is 4.07. The quantitative estimate of drug-likeness (QED) is 0.835. The van der Waals surface area contributed by atoms with Crippen LogP contribution in [0.3, 0.4) is 0 Å². The van der Waals surface area contributed by atoms with Gasteiger partial charge in [-0.15, -0.1) is 0 Å². The second-order valence-corrected chi connectivity index (χ2v) is 4.07. The average molecular weight is 256 g/mol. The fraction of sp³-hybridized carbons (Fsp3) is 0.200. The highest BCUT2D eigenvalue weighted by atomic mass is 16.5. The van der Waals surface area contributed by atoms with Crippen LogP contribution < -0.4 is 4.74 Å². The summed E-state index contributed by atoms with van der Waals surface area (Å²) in [6.07, 6.45) is 4.53. The SMILES string of the molecule is COc1ccc([C@H](O)CN=Cc2cccnc2)cc1. The Kier molecular flexibility index (Phi) is 4.64. The molecule has 1 heterocycles. The van der Waals surface area contributed by atoms with E-state index in [0.29, 0.717) is 6.54 Å². The molecular weight excluding hydrogens is 240 g/mol. The maximum absolute atomic E-state index is 9.99. The Morgan fingerprint density at radius 3 is 2.74 bits per heavy atom. The number of nitrogens with zero attached hydrogens (tertiary/aromatic N) is 2. The molecule has 2 aromatic rings. The molecule has 0 bridgehead atoms. The minimum absolute atomic E-state index is 0.321. The first-order chi connectivity index (χ1) is 9.29. The summed E-state index contributed by atoms with van der Waals surface area (Å²) in [7, 11) is 1.61. The summed E-state index contributed by atoms with van der Waals surface area (Å²) in [6, 6.07) is 11.1. The summed E-state index contributed by atoms with van der Waals surface area (Å²) in [4.78, 5) is 8.21. The number of pyridine rings is 1. The first-order valence-corrected chi connectivity index (χ1v) is 6.01. The van der Waals surface area contributed by atoms with Crippen molar-refractivity contribution in [1.29, 1.82) is 0 Å². The number of aromatic nitrogens is 1. The first kappa shape index (κ1) is 13.2. The van der Waals surface area contributed by atoms with E-state index in [1.54, 1.807) is 25.7 Å². The van der Waals surface area contributed by atoms with Gasteiger partial charge in [0.1, 0.15) is 5.75 Å². The summed E-state index contributed by atoms with van der Waals surface area (Å²) < 4.78 is 5.07. The lowest BCUT2D eigenvalue weighted by Crippen LogP contribution is -2.01. The predicted molar refractivity (Wildman–Crippen MR) is 74.7 cm³/mol. The molecule has 0 saturated carbocycles. The number of hydrogen-bond acceptors (Lipinski definition) is 4. The Morgan fingerprint density at radius 2 is 2.11 bits per heavy atom. The van der Waals surface area contributed by atoms with Crippen LogP contribution in [0.1, 0.15) is 17.2 Å². The number of ether oxygens (including phenoxy) is 1. The zero-order chi connectivity index (χ0) is 13.5. The van der Waals surface area contributed by atoms with E-state index >= 15 is 0 Å². The minimum atomic E-state index is -0.612. The molecule has 4 nitrogen and oxygen atoms in total. The smallest absolute Gasteiger partial charge is 0.118 e. The van der Waals surface area contributed by atoms with Crippen LogP contribution in [0.4, 0.5) is 0 Å². The number of aliphatic imine (C=N–C) groups is 1. The van der Waals surface area contributed by atoms with Gasteiger partial charge < -0.3 is 9.84 Å². The zero-order valence-corrected chi connectivity index (χ0v) is 10.7. The normalized spacial score (nSPS) is 12.5. The van der Waals surface area contributed by atoms with Gasteiger partial charge in [-0.1, -0.05) is 18.2 Å². The highest BCUT2D eigenvalue weighted by Crippen LogP contribution is 2.17. The molecule has 1 N–H and O–H groups in total. The highest BCUT2D eigenvalue weighted by Gasteiger charge is 2.05. The number of aliphatic hydroxyl groups is 1. The van der Waals surface area contributed by atoms with E-state index in [1.165, 1.54) is 0 Å². The third kappa shape index (κ3) is 3.89. The first-order valence-electron chi connectivity index (χ1n) is 6.01. The Hall–Kier alpha value is -2.20. The van der Waals surface area contributed by atoms with Gasteiger partial charge in [-0.05, 0) is 23.8 Å². The van der Waals surface area contributed by atoms with Crippen LogP contribution in [0.5, 0.6) is 5.75 Å². The molecule has 0 aliphatic rings. The van der Waals surface area contributed by atoms with E-state index in [-0.39, 0.29) is 0 Å². The summed E-state index contributed by atoms with van der Waals surface area (Å²) >= 11 is 0. The van der Waals surface area contributed by atoms with Gasteiger partial charge in [-0.25, -0.2) is 0 Å². The molecule has 0 aliphatic carbocycles. The Morgan fingerprint density at radius 1 is 1.32 bits per heavy atom. The van der Waals surface area contributed by atoms with Crippen LogP contribution in [0, 0.1) is 0 Å². The second kappa shape index (κ2) is 6.66. The summed E-state index contributed by atoms with van der Waals surface area (Å²) in [5.74, 6) is 0.773. The highest BCUT2D eigenvalue weighted by molar-refractivity contribution is 5.78. The van der Waals surface area contributed by atoms with E-state index < -0.39 is 6.10 Å². The molecular formula is C15H16N2O2. The average Bonchev–Trinajstić information content (AvgIpc) is 2.48. The third-order valence-electron chi connectivity index (χ3n) is 2.70. The van der Waals surface area contributed by atoms with Crippen LogP contribution in [0.2, 0.25) is 0 Å². The van der Waals surface area contributed by atoms with Crippen LogP contribution in [-0.4, -0.2) is 30.0 Å². The molecule has 98 valence electrons. The van der Waals surface area contributed by atoms with Crippen molar-refractivity contribution in [2.75, 3.05) is 13.7 Å². The van der Waals surface area contributed by atoms with Gasteiger partial charge in [0.15, 0.2) is 0 Å². The van der Waals surface area contributed by atoms with E-state index in [0.717, 1.165) is 16.9 Å². The number of methoxy groups -OCH3 is 1. The van der Waals surface area contributed by atoms with E-state index in [2.05, 4.69) is 9.98 Å². The number of aliphatic hydroxyl groups excluding tert-OH is 1. The van der Waals surface area contributed by atoms with Crippen molar-refractivity contribution in [3.8, 4) is 5.75 Å².